The van der Waals surface area contributed by atoms with Gasteiger partial charge in [0, 0.05) is 26.1 Å². The SMILES string of the molecule is CCOCCOC(=O)CCc1ccc(S(=O)(=O)N2CCCCCC2)cc1. The molecule has 6 nitrogen and oxygen atoms in total. The van der Waals surface area contributed by atoms with E-state index in [2.05, 4.69) is 0 Å². The Morgan fingerprint density at radius 1 is 1.04 bits per heavy atom. The number of hydrogen-bond acceptors (Lipinski definition) is 5. The number of ether oxygens (including phenoxy) is 2. The molecule has 0 unspecified atom stereocenters. The van der Waals surface area contributed by atoms with Gasteiger partial charge in [0.25, 0.3) is 0 Å². The maximum absolute atomic E-state index is 12.7. The smallest absolute Gasteiger partial charge is 0.306 e. The number of nitrogens with zero attached hydrogens (tertiary/aromatic N) is 1. The molecule has 2 rings (SSSR count). The van der Waals surface area contributed by atoms with E-state index in [1.54, 1.807) is 28.6 Å². The van der Waals surface area contributed by atoms with Gasteiger partial charge in [-0.15, -0.1) is 0 Å². The number of benzene rings is 1. The van der Waals surface area contributed by atoms with Gasteiger partial charge in [-0.05, 0) is 43.9 Å². The first-order valence-electron chi connectivity index (χ1n) is 9.36. The van der Waals surface area contributed by atoms with E-state index in [9.17, 15) is 13.2 Å². The lowest BCUT2D eigenvalue weighted by Gasteiger charge is -2.20. The van der Waals surface area contributed by atoms with Crippen LogP contribution in [-0.2, 0) is 30.7 Å². The van der Waals surface area contributed by atoms with Crippen LogP contribution < -0.4 is 0 Å². The fourth-order valence-corrected chi connectivity index (χ4v) is 4.45. The van der Waals surface area contributed by atoms with E-state index >= 15 is 0 Å². The van der Waals surface area contributed by atoms with E-state index in [4.69, 9.17) is 9.47 Å². The van der Waals surface area contributed by atoms with Crippen LogP contribution in [0.4, 0.5) is 0 Å². The molecule has 0 spiro atoms. The zero-order valence-electron chi connectivity index (χ0n) is 15.5. The fourth-order valence-electron chi connectivity index (χ4n) is 2.94. The van der Waals surface area contributed by atoms with Crippen LogP contribution in [0, 0.1) is 0 Å². The molecule has 1 aliphatic heterocycles. The van der Waals surface area contributed by atoms with Crippen LogP contribution in [0.25, 0.3) is 0 Å². The van der Waals surface area contributed by atoms with E-state index in [0.29, 0.717) is 37.6 Å². The summed E-state index contributed by atoms with van der Waals surface area (Å²) in [5, 5.41) is 0. The Morgan fingerprint density at radius 3 is 2.31 bits per heavy atom. The van der Waals surface area contributed by atoms with Crippen molar-refractivity contribution in [2.24, 2.45) is 0 Å². The van der Waals surface area contributed by atoms with E-state index in [0.717, 1.165) is 31.2 Å². The van der Waals surface area contributed by atoms with Gasteiger partial charge in [-0.3, -0.25) is 4.79 Å². The molecule has 1 heterocycles. The Morgan fingerprint density at radius 2 is 1.69 bits per heavy atom. The largest absolute Gasteiger partial charge is 0.463 e. The summed E-state index contributed by atoms with van der Waals surface area (Å²) in [6, 6.07) is 6.82. The third-order valence-electron chi connectivity index (χ3n) is 4.44. The van der Waals surface area contributed by atoms with Crippen LogP contribution in [-0.4, -0.2) is 51.6 Å². The van der Waals surface area contributed by atoms with Crippen molar-refractivity contribution in [2.45, 2.75) is 50.3 Å². The van der Waals surface area contributed by atoms with Gasteiger partial charge in [0.15, 0.2) is 0 Å². The number of hydrogen-bond donors (Lipinski definition) is 0. The summed E-state index contributed by atoms with van der Waals surface area (Å²) in [6.07, 6.45) is 4.81. The average molecular weight is 384 g/mol. The van der Waals surface area contributed by atoms with Crippen molar-refractivity contribution >= 4 is 16.0 Å². The molecule has 146 valence electrons. The van der Waals surface area contributed by atoms with E-state index < -0.39 is 10.0 Å². The Kier molecular flexibility index (Phi) is 8.54. The molecule has 0 bridgehead atoms. The summed E-state index contributed by atoms with van der Waals surface area (Å²) in [5.74, 6) is -0.272. The maximum atomic E-state index is 12.7. The lowest BCUT2D eigenvalue weighted by Crippen LogP contribution is -2.31. The topological polar surface area (TPSA) is 72.9 Å². The number of sulfonamides is 1. The zero-order valence-corrected chi connectivity index (χ0v) is 16.3. The first-order valence-corrected chi connectivity index (χ1v) is 10.8. The van der Waals surface area contributed by atoms with E-state index in [1.165, 1.54) is 0 Å². The van der Waals surface area contributed by atoms with Gasteiger partial charge in [0.1, 0.15) is 6.61 Å². The van der Waals surface area contributed by atoms with E-state index in [-0.39, 0.29) is 19.0 Å². The zero-order chi connectivity index (χ0) is 18.8. The van der Waals surface area contributed by atoms with Crippen molar-refractivity contribution in [1.29, 1.82) is 0 Å². The summed E-state index contributed by atoms with van der Waals surface area (Å²) >= 11 is 0. The Labute approximate surface area is 156 Å². The monoisotopic (exact) mass is 383 g/mol. The van der Waals surface area contributed by atoms with Gasteiger partial charge in [0.05, 0.1) is 11.5 Å². The maximum Gasteiger partial charge on any atom is 0.306 e. The molecule has 1 fully saturated rings. The van der Waals surface area contributed by atoms with Gasteiger partial charge >= 0.3 is 5.97 Å². The van der Waals surface area contributed by atoms with Crippen LogP contribution in [0.3, 0.4) is 0 Å². The predicted octanol–water partition coefficient (Wildman–Crippen LogP) is 2.76. The second-order valence-electron chi connectivity index (χ2n) is 6.38. The van der Waals surface area contributed by atoms with Gasteiger partial charge in [-0.25, -0.2) is 8.42 Å². The van der Waals surface area contributed by atoms with Crippen molar-refractivity contribution in [3.8, 4) is 0 Å². The van der Waals surface area contributed by atoms with Crippen LogP contribution in [0.15, 0.2) is 29.2 Å². The van der Waals surface area contributed by atoms with Crippen LogP contribution >= 0.6 is 0 Å². The van der Waals surface area contributed by atoms with Crippen molar-refractivity contribution in [3.63, 3.8) is 0 Å². The molecule has 26 heavy (non-hydrogen) atoms. The molecule has 0 aromatic heterocycles. The van der Waals surface area contributed by atoms with Gasteiger partial charge in [0.2, 0.25) is 10.0 Å². The molecule has 0 radical (unpaired) electrons. The molecule has 1 aromatic carbocycles. The molecule has 1 saturated heterocycles. The van der Waals surface area contributed by atoms with Crippen molar-refractivity contribution in [2.75, 3.05) is 32.9 Å². The lowest BCUT2D eigenvalue weighted by molar-refractivity contribution is -0.145. The summed E-state index contributed by atoms with van der Waals surface area (Å²) in [7, 11) is -3.42. The summed E-state index contributed by atoms with van der Waals surface area (Å²) in [4.78, 5) is 12.0. The summed E-state index contributed by atoms with van der Waals surface area (Å²) in [6.45, 7) is 4.35. The summed E-state index contributed by atoms with van der Waals surface area (Å²) in [5.41, 5.74) is 0.918. The quantitative estimate of drug-likeness (QED) is 0.484. The number of esters is 1. The fraction of sp³-hybridized carbons (Fsp3) is 0.632. The van der Waals surface area contributed by atoms with Crippen LogP contribution in [0.2, 0.25) is 0 Å². The first-order chi connectivity index (χ1) is 12.5. The third-order valence-corrected chi connectivity index (χ3v) is 6.35. The molecule has 0 amide bonds. The van der Waals surface area contributed by atoms with Crippen molar-refractivity contribution in [3.05, 3.63) is 29.8 Å². The second-order valence-corrected chi connectivity index (χ2v) is 8.32. The molecular formula is C19H29NO5S. The number of carbonyl (C=O) groups excluding carboxylic acids is 1. The molecule has 0 atom stereocenters. The first kappa shape index (κ1) is 20.9. The second kappa shape index (κ2) is 10.6. The standard InChI is InChI=1S/C19H29NO5S/c1-2-24-15-16-25-19(21)12-9-17-7-10-18(11-8-17)26(22,23)20-13-5-3-4-6-14-20/h7-8,10-11H,2-6,9,12-16H2,1H3. The minimum absolute atomic E-state index is 0.264. The lowest BCUT2D eigenvalue weighted by atomic mass is 10.1. The average Bonchev–Trinajstić information content (AvgIpc) is 2.94. The van der Waals surface area contributed by atoms with Crippen LogP contribution in [0.1, 0.15) is 44.6 Å². The predicted molar refractivity (Wildman–Crippen MR) is 99.4 cm³/mol. The van der Waals surface area contributed by atoms with Crippen molar-refractivity contribution in [1.82, 2.24) is 4.31 Å². The molecular weight excluding hydrogens is 354 g/mol. The number of carbonyl (C=O) groups is 1. The minimum atomic E-state index is -3.42. The van der Waals surface area contributed by atoms with Gasteiger partial charge in [-0.1, -0.05) is 25.0 Å². The molecule has 1 aromatic rings. The molecule has 0 saturated carbocycles. The highest BCUT2D eigenvalue weighted by molar-refractivity contribution is 7.89. The van der Waals surface area contributed by atoms with Crippen LogP contribution in [0.5, 0.6) is 0 Å². The molecule has 1 aliphatic rings. The van der Waals surface area contributed by atoms with Gasteiger partial charge in [-0.2, -0.15) is 4.31 Å². The molecule has 0 aliphatic carbocycles. The Bertz CT molecular complexity index is 649. The number of aryl methyl sites for hydroxylation is 1. The van der Waals surface area contributed by atoms with Gasteiger partial charge < -0.3 is 9.47 Å². The highest BCUT2D eigenvalue weighted by Crippen LogP contribution is 2.21. The summed E-state index contributed by atoms with van der Waals surface area (Å²) < 4.78 is 37.2. The molecule has 0 N–H and O–H groups in total. The molecule has 7 heteroatoms. The third kappa shape index (κ3) is 6.37. The highest BCUT2D eigenvalue weighted by Gasteiger charge is 2.24. The van der Waals surface area contributed by atoms with Crippen molar-refractivity contribution < 1.29 is 22.7 Å². The van der Waals surface area contributed by atoms with E-state index in [1.807, 2.05) is 6.92 Å². The highest BCUT2D eigenvalue weighted by atomic mass is 32.2. The normalized spacial score (nSPS) is 16.2. The minimum Gasteiger partial charge on any atom is -0.463 e. The Hall–Kier alpha value is -1.44. The Balaban J connectivity index is 1.86. The number of rotatable bonds is 9.